The summed E-state index contributed by atoms with van der Waals surface area (Å²) in [5.74, 6) is 2.97. The molecule has 0 amide bonds. The molecule has 3 fully saturated rings. The Morgan fingerprint density at radius 1 is 1.13 bits per heavy atom. The van der Waals surface area contributed by atoms with E-state index in [0.29, 0.717) is 0 Å². The lowest BCUT2D eigenvalue weighted by Crippen LogP contribution is -2.34. The van der Waals surface area contributed by atoms with Crippen LogP contribution in [0.5, 0.6) is 0 Å². The fourth-order valence-corrected chi connectivity index (χ4v) is 3.67. The van der Waals surface area contributed by atoms with Crippen molar-refractivity contribution in [1.82, 2.24) is 10.2 Å². The summed E-state index contributed by atoms with van der Waals surface area (Å²) in [6.07, 6.45) is 5.78. The van der Waals surface area contributed by atoms with Crippen molar-refractivity contribution in [2.24, 2.45) is 17.8 Å². The van der Waals surface area contributed by atoms with Gasteiger partial charge in [-0.2, -0.15) is 0 Å². The molecule has 2 bridgehead atoms. The molecule has 0 aromatic rings. The second-order valence-electron chi connectivity index (χ2n) is 6.24. The first kappa shape index (κ1) is 10.1. The van der Waals surface area contributed by atoms with Gasteiger partial charge in [-0.3, -0.25) is 0 Å². The minimum atomic E-state index is 0.856. The average molecular weight is 208 g/mol. The monoisotopic (exact) mass is 208 g/mol. The zero-order valence-electron chi connectivity index (χ0n) is 10.1. The van der Waals surface area contributed by atoms with Crippen LogP contribution in [0.2, 0.25) is 0 Å². The zero-order chi connectivity index (χ0) is 10.4. The number of fused-ring (bicyclic) bond motifs is 2. The topological polar surface area (TPSA) is 15.3 Å². The van der Waals surface area contributed by atoms with Gasteiger partial charge in [-0.25, -0.2) is 0 Å². The molecule has 3 aliphatic rings. The summed E-state index contributed by atoms with van der Waals surface area (Å²) in [5, 5.41) is 3.73. The van der Waals surface area contributed by atoms with E-state index in [0.717, 1.165) is 29.8 Å². The molecule has 15 heavy (non-hydrogen) atoms. The van der Waals surface area contributed by atoms with Gasteiger partial charge in [0.25, 0.3) is 0 Å². The van der Waals surface area contributed by atoms with Gasteiger partial charge in [0, 0.05) is 25.2 Å². The van der Waals surface area contributed by atoms with Gasteiger partial charge >= 0.3 is 0 Å². The fraction of sp³-hybridized carbons (Fsp3) is 1.00. The van der Waals surface area contributed by atoms with Gasteiger partial charge in [-0.1, -0.05) is 6.92 Å². The first-order valence-corrected chi connectivity index (χ1v) is 6.67. The predicted octanol–water partition coefficient (Wildman–Crippen LogP) is 1.71. The van der Waals surface area contributed by atoms with Crippen LogP contribution in [0.4, 0.5) is 0 Å². The number of rotatable bonds is 4. The SMILES string of the molecule is CC1CC1CN(C)CC1CC2CCC1N2. The van der Waals surface area contributed by atoms with Crippen LogP contribution in [0.25, 0.3) is 0 Å². The summed E-state index contributed by atoms with van der Waals surface area (Å²) < 4.78 is 0. The molecule has 2 heteroatoms. The third-order valence-electron chi connectivity index (χ3n) is 4.80. The summed E-state index contributed by atoms with van der Waals surface area (Å²) in [5.41, 5.74) is 0. The molecule has 5 unspecified atom stereocenters. The average Bonchev–Trinajstić information content (AvgIpc) is 2.67. The van der Waals surface area contributed by atoms with E-state index in [1.54, 1.807) is 0 Å². The second kappa shape index (κ2) is 3.74. The first-order chi connectivity index (χ1) is 7.22. The molecule has 0 aromatic heterocycles. The molecule has 2 saturated heterocycles. The molecule has 2 aliphatic heterocycles. The second-order valence-corrected chi connectivity index (χ2v) is 6.24. The molecule has 2 heterocycles. The Balaban J connectivity index is 1.44. The van der Waals surface area contributed by atoms with E-state index in [1.807, 2.05) is 0 Å². The van der Waals surface area contributed by atoms with Crippen molar-refractivity contribution >= 4 is 0 Å². The van der Waals surface area contributed by atoms with Gasteiger partial charge in [0.1, 0.15) is 0 Å². The molecule has 5 atom stereocenters. The third kappa shape index (κ3) is 2.07. The van der Waals surface area contributed by atoms with E-state index >= 15 is 0 Å². The van der Waals surface area contributed by atoms with Crippen LogP contribution in [0.15, 0.2) is 0 Å². The van der Waals surface area contributed by atoms with Crippen molar-refractivity contribution in [2.45, 2.75) is 44.7 Å². The van der Waals surface area contributed by atoms with Crippen LogP contribution < -0.4 is 5.32 Å². The molecule has 0 radical (unpaired) electrons. The molecule has 3 rings (SSSR count). The van der Waals surface area contributed by atoms with Crippen molar-refractivity contribution in [1.29, 1.82) is 0 Å². The lowest BCUT2D eigenvalue weighted by molar-refractivity contribution is 0.239. The van der Waals surface area contributed by atoms with Crippen LogP contribution >= 0.6 is 0 Å². The van der Waals surface area contributed by atoms with Crippen LogP contribution in [-0.2, 0) is 0 Å². The Morgan fingerprint density at radius 2 is 1.87 bits per heavy atom. The van der Waals surface area contributed by atoms with E-state index in [2.05, 4.69) is 24.2 Å². The largest absolute Gasteiger partial charge is 0.311 e. The highest BCUT2D eigenvalue weighted by Crippen LogP contribution is 2.39. The molecule has 1 saturated carbocycles. The van der Waals surface area contributed by atoms with Gasteiger partial charge in [-0.05, 0) is 50.5 Å². The van der Waals surface area contributed by atoms with Crippen LogP contribution in [-0.4, -0.2) is 37.1 Å². The van der Waals surface area contributed by atoms with Crippen LogP contribution in [0.3, 0.4) is 0 Å². The van der Waals surface area contributed by atoms with Gasteiger partial charge in [0.2, 0.25) is 0 Å². The summed E-state index contributed by atoms with van der Waals surface area (Å²) in [6.45, 7) is 5.06. The molecule has 2 nitrogen and oxygen atoms in total. The lowest BCUT2D eigenvalue weighted by Gasteiger charge is -2.26. The Hall–Kier alpha value is -0.0800. The number of nitrogens with zero attached hydrogens (tertiary/aromatic N) is 1. The maximum Gasteiger partial charge on any atom is 0.0111 e. The summed E-state index contributed by atoms with van der Waals surface area (Å²) in [4.78, 5) is 2.58. The van der Waals surface area contributed by atoms with Crippen molar-refractivity contribution in [3.05, 3.63) is 0 Å². The molecule has 1 N–H and O–H groups in total. The summed E-state index contributed by atoms with van der Waals surface area (Å²) >= 11 is 0. The maximum atomic E-state index is 3.73. The number of hydrogen-bond acceptors (Lipinski definition) is 2. The van der Waals surface area contributed by atoms with Gasteiger partial charge in [0.05, 0.1) is 0 Å². The Labute approximate surface area is 93.4 Å². The van der Waals surface area contributed by atoms with Gasteiger partial charge < -0.3 is 10.2 Å². The Bertz CT molecular complexity index is 241. The van der Waals surface area contributed by atoms with Gasteiger partial charge in [0.15, 0.2) is 0 Å². The van der Waals surface area contributed by atoms with Crippen molar-refractivity contribution in [2.75, 3.05) is 20.1 Å². The fourth-order valence-electron chi connectivity index (χ4n) is 3.67. The molecule has 0 spiro atoms. The third-order valence-corrected chi connectivity index (χ3v) is 4.80. The summed E-state index contributed by atoms with van der Waals surface area (Å²) in [6, 6.07) is 1.72. The Morgan fingerprint density at radius 3 is 2.40 bits per heavy atom. The predicted molar refractivity (Wildman–Crippen MR) is 62.8 cm³/mol. The Kier molecular flexibility index (Phi) is 2.52. The molecule has 86 valence electrons. The van der Waals surface area contributed by atoms with Crippen LogP contribution in [0.1, 0.15) is 32.6 Å². The van der Waals surface area contributed by atoms with E-state index in [9.17, 15) is 0 Å². The smallest absolute Gasteiger partial charge is 0.0111 e. The molecule has 1 aliphatic carbocycles. The quantitative estimate of drug-likeness (QED) is 0.757. The van der Waals surface area contributed by atoms with E-state index in [4.69, 9.17) is 0 Å². The van der Waals surface area contributed by atoms with Crippen molar-refractivity contribution in [3.8, 4) is 0 Å². The normalized spacial score (nSPS) is 47.8. The van der Waals surface area contributed by atoms with Crippen molar-refractivity contribution in [3.63, 3.8) is 0 Å². The zero-order valence-corrected chi connectivity index (χ0v) is 10.1. The minimum absolute atomic E-state index is 0.856. The highest BCUT2D eigenvalue weighted by Gasteiger charge is 2.40. The van der Waals surface area contributed by atoms with Crippen molar-refractivity contribution < 1.29 is 0 Å². The number of hydrogen-bond donors (Lipinski definition) is 1. The summed E-state index contributed by atoms with van der Waals surface area (Å²) in [7, 11) is 2.32. The minimum Gasteiger partial charge on any atom is -0.311 e. The van der Waals surface area contributed by atoms with E-state index in [1.165, 1.54) is 38.8 Å². The van der Waals surface area contributed by atoms with Crippen LogP contribution in [0, 0.1) is 17.8 Å². The van der Waals surface area contributed by atoms with Gasteiger partial charge in [-0.15, -0.1) is 0 Å². The van der Waals surface area contributed by atoms with E-state index < -0.39 is 0 Å². The molecular weight excluding hydrogens is 184 g/mol. The lowest BCUT2D eigenvalue weighted by atomic mass is 9.89. The van der Waals surface area contributed by atoms with E-state index in [-0.39, 0.29) is 0 Å². The molecule has 0 aromatic carbocycles. The standard InChI is InChI=1S/C13H24N2/c1-9-5-10(9)7-15(2)8-11-6-12-3-4-13(11)14-12/h9-14H,3-8H2,1-2H3. The maximum absolute atomic E-state index is 3.73. The first-order valence-electron chi connectivity index (χ1n) is 6.67. The molecular formula is C13H24N2. The number of nitrogens with one attached hydrogen (secondary N) is 1. The highest BCUT2D eigenvalue weighted by atomic mass is 15.1. The highest BCUT2D eigenvalue weighted by molar-refractivity contribution is 4.98.